The number of benzene rings is 3. The average Bonchev–Trinajstić information content (AvgIpc) is 3.16. The summed E-state index contributed by atoms with van der Waals surface area (Å²) in [4.78, 5) is 0. The fraction of sp³-hybridized carbons (Fsp3) is 0.217. The molecule has 5 rings (SSSR count). The Morgan fingerprint density at radius 1 is 0.840 bits per heavy atom. The van der Waals surface area contributed by atoms with E-state index in [1.807, 2.05) is 12.1 Å². The van der Waals surface area contributed by atoms with Crippen molar-refractivity contribution in [1.82, 2.24) is 0 Å². The van der Waals surface area contributed by atoms with E-state index in [9.17, 15) is 5.11 Å². The van der Waals surface area contributed by atoms with Crippen LogP contribution < -0.4 is 4.74 Å². The lowest BCUT2D eigenvalue weighted by Crippen LogP contribution is -2.11. The SMILES string of the molecule is COc1cc2c(cc1O)[C@H]1c3ccccc3C[C@H]1[C@@H]2c1ccccc1. The van der Waals surface area contributed by atoms with E-state index >= 15 is 0 Å². The zero-order chi connectivity index (χ0) is 17.0. The van der Waals surface area contributed by atoms with Gasteiger partial charge in [-0.2, -0.15) is 0 Å². The molecule has 2 heteroatoms. The monoisotopic (exact) mass is 328 g/mol. The van der Waals surface area contributed by atoms with Crippen molar-refractivity contribution in [3.05, 3.63) is 94.5 Å². The van der Waals surface area contributed by atoms with Crippen LogP contribution in [0, 0.1) is 5.92 Å². The number of fused-ring (bicyclic) bond motifs is 5. The molecule has 0 amide bonds. The number of methoxy groups -OCH3 is 1. The summed E-state index contributed by atoms with van der Waals surface area (Å²) in [7, 11) is 1.62. The summed E-state index contributed by atoms with van der Waals surface area (Å²) in [5, 5.41) is 10.4. The van der Waals surface area contributed by atoms with Crippen LogP contribution in [-0.4, -0.2) is 12.2 Å². The van der Waals surface area contributed by atoms with Crippen LogP contribution in [0.2, 0.25) is 0 Å². The number of phenolic OH excluding ortho intramolecular Hbond substituents is 1. The van der Waals surface area contributed by atoms with Gasteiger partial charge in [0.2, 0.25) is 0 Å². The number of phenols is 1. The van der Waals surface area contributed by atoms with E-state index in [1.54, 1.807) is 7.11 Å². The minimum atomic E-state index is 0.234. The molecule has 25 heavy (non-hydrogen) atoms. The Kier molecular flexibility index (Phi) is 3.14. The van der Waals surface area contributed by atoms with Crippen LogP contribution in [0.15, 0.2) is 66.7 Å². The Bertz CT molecular complexity index is 946. The highest BCUT2D eigenvalue weighted by Crippen LogP contribution is 2.59. The van der Waals surface area contributed by atoms with Crippen molar-refractivity contribution < 1.29 is 9.84 Å². The third kappa shape index (κ3) is 2.03. The van der Waals surface area contributed by atoms with Crippen LogP contribution in [0.4, 0.5) is 0 Å². The van der Waals surface area contributed by atoms with Crippen molar-refractivity contribution in [1.29, 1.82) is 0 Å². The number of aromatic hydroxyl groups is 1. The Labute approximate surface area is 147 Å². The molecule has 2 aliphatic carbocycles. The van der Waals surface area contributed by atoms with Crippen LogP contribution in [-0.2, 0) is 6.42 Å². The van der Waals surface area contributed by atoms with E-state index in [4.69, 9.17) is 4.74 Å². The summed E-state index contributed by atoms with van der Waals surface area (Å²) in [6.07, 6.45) is 1.08. The molecular weight excluding hydrogens is 308 g/mol. The van der Waals surface area contributed by atoms with Gasteiger partial charge in [-0.3, -0.25) is 0 Å². The Hall–Kier alpha value is -2.74. The molecule has 2 aliphatic rings. The fourth-order valence-electron chi connectivity index (χ4n) is 4.95. The second-order valence-corrected chi connectivity index (χ2v) is 7.09. The minimum absolute atomic E-state index is 0.234. The van der Waals surface area contributed by atoms with Crippen molar-refractivity contribution in [3.8, 4) is 11.5 Å². The first-order valence-corrected chi connectivity index (χ1v) is 8.81. The fourth-order valence-corrected chi connectivity index (χ4v) is 4.95. The first kappa shape index (κ1) is 14.6. The van der Waals surface area contributed by atoms with Crippen LogP contribution in [0.25, 0.3) is 0 Å². The second kappa shape index (κ2) is 5.38. The van der Waals surface area contributed by atoms with Crippen LogP contribution in [0.1, 0.15) is 39.7 Å². The largest absolute Gasteiger partial charge is 0.504 e. The first-order chi connectivity index (χ1) is 12.3. The van der Waals surface area contributed by atoms with Gasteiger partial charge < -0.3 is 9.84 Å². The minimum Gasteiger partial charge on any atom is -0.504 e. The summed E-state index contributed by atoms with van der Waals surface area (Å²) < 4.78 is 5.40. The molecule has 0 saturated heterocycles. The van der Waals surface area contributed by atoms with E-state index in [-0.39, 0.29) is 5.75 Å². The van der Waals surface area contributed by atoms with Gasteiger partial charge in [-0.15, -0.1) is 0 Å². The van der Waals surface area contributed by atoms with Gasteiger partial charge in [-0.1, -0.05) is 54.6 Å². The van der Waals surface area contributed by atoms with Crippen LogP contribution in [0.3, 0.4) is 0 Å². The maximum absolute atomic E-state index is 10.4. The standard InChI is InChI=1S/C23H20O2/c1-25-21-13-18-17(12-20(21)24)23-16-10-6-5-9-15(16)11-19(23)22(18)14-7-3-2-4-8-14/h2-10,12-13,19,22-24H,11H2,1H3/t19-,22+,23+/m0/s1. The van der Waals surface area contributed by atoms with Gasteiger partial charge in [-0.25, -0.2) is 0 Å². The number of rotatable bonds is 2. The highest BCUT2D eigenvalue weighted by Gasteiger charge is 2.46. The van der Waals surface area contributed by atoms with Gasteiger partial charge >= 0.3 is 0 Å². The van der Waals surface area contributed by atoms with E-state index in [2.05, 4.69) is 54.6 Å². The molecule has 3 aromatic carbocycles. The molecule has 0 radical (unpaired) electrons. The number of hydrogen-bond donors (Lipinski definition) is 1. The predicted molar refractivity (Wildman–Crippen MR) is 98.4 cm³/mol. The Balaban J connectivity index is 1.75. The summed E-state index contributed by atoms with van der Waals surface area (Å²) in [5.41, 5.74) is 6.75. The quantitative estimate of drug-likeness (QED) is 0.728. The lowest BCUT2D eigenvalue weighted by molar-refractivity contribution is 0.372. The third-order valence-corrected chi connectivity index (χ3v) is 5.92. The molecule has 0 aliphatic heterocycles. The molecule has 124 valence electrons. The second-order valence-electron chi connectivity index (χ2n) is 7.09. The van der Waals surface area contributed by atoms with Gasteiger partial charge in [0, 0.05) is 11.8 Å². The topological polar surface area (TPSA) is 29.5 Å². The lowest BCUT2D eigenvalue weighted by Gasteiger charge is -2.20. The van der Waals surface area contributed by atoms with Crippen molar-refractivity contribution in [2.75, 3.05) is 7.11 Å². The maximum atomic E-state index is 10.4. The number of hydrogen-bond acceptors (Lipinski definition) is 2. The average molecular weight is 328 g/mol. The zero-order valence-electron chi connectivity index (χ0n) is 14.1. The van der Waals surface area contributed by atoms with Gasteiger partial charge in [0.15, 0.2) is 11.5 Å². The molecule has 0 bridgehead atoms. The van der Waals surface area contributed by atoms with Gasteiger partial charge in [-0.05, 0) is 52.3 Å². The summed E-state index contributed by atoms with van der Waals surface area (Å²) in [6.45, 7) is 0. The van der Waals surface area contributed by atoms with E-state index in [0.717, 1.165) is 6.42 Å². The van der Waals surface area contributed by atoms with E-state index < -0.39 is 0 Å². The highest BCUT2D eigenvalue weighted by molar-refractivity contribution is 5.60. The molecule has 1 N–H and O–H groups in total. The molecule has 0 fully saturated rings. The van der Waals surface area contributed by atoms with E-state index in [0.29, 0.717) is 23.5 Å². The predicted octanol–water partition coefficient (Wildman–Crippen LogP) is 4.85. The molecule has 0 heterocycles. The molecule has 0 saturated carbocycles. The molecule has 3 aromatic rings. The van der Waals surface area contributed by atoms with Crippen LogP contribution >= 0.6 is 0 Å². The molecule has 0 spiro atoms. The summed E-state index contributed by atoms with van der Waals surface area (Å²) >= 11 is 0. The zero-order valence-corrected chi connectivity index (χ0v) is 14.1. The van der Waals surface area contributed by atoms with Gasteiger partial charge in [0.25, 0.3) is 0 Å². The Morgan fingerprint density at radius 2 is 1.56 bits per heavy atom. The molecule has 0 aromatic heterocycles. The van der Waals surface area contributed by atoms with Crippen molar-refractivity contribution in [3.63, 3.8) is 0 Å². The molecular formula is C23H20O2. The maximum Gasteiger partial charge on any atom is 0.160 e. The van der Waals surface area contributed by atoms with Crippen LogP contribution in [0.5, 0.6) is 11.5 Å². The summed E-state index contributed by atoms with van der Waals surface area (Å²) in [6, 6.07) is 23.5. The lowest BCUT2D eigenvalue weighted by atomic mass is 9.83. The van der Waals surface area contributed by atoms with Gasteiger partial charge in [0.05, 0.1) is 7.11 Å². The van der Waals surface area contributed by atoms with E-state index in [1.165, 1.54) is 27.8 Å². The smallest absolute Gasteiger partial charge is 0.160 e. The third-order valence-electron chi connectivity index (χ3n) is 5.92. The van der Waals surface area contributed by atoms with Crippen molar-refractivity contribution in [2.24, 2.45) is 5.92 Å². The molecule has 2 nitrogen and oxygen atoms in total. The van der Waals surface area contributed by atoms with Gasteiger partial charge in [0.1, 0.15) is 0 Å². The molecule has 0 unspecified atom stereocenters. The Morgan fingerprint density at radius 3 is 2.36 bits per heavy atom. The number of ether oxygens (including phenoxy) is 1. The van der Waals surface area contributed by atoms with Crippen molar-refractivity contribution >= 4 is 0 Å². The molecule has 3 atom stereocenters. The highest BCUT2D eigenvalue weighted by atomic mass is 16.5. The van der Waals surface area contributed by atoms with Crippen molar-refractivity contribution in [2.45, 2.75) is 18.3 Å². The first-order valence-electron chi connectivity index (χ1n) is 8.81. The summed E-state index contributed by atoms with van der Waals surface area (Å²) in [5.74, 6) is 1.99. The normalized spacial score (nSPS) is 23.0.